The Balaban J connectivity index is 2.42. The fraction of sp³-hybridized carbons (Fsp3) is 0.231. The Morgan fingerprint density at radius 1 is 1.39 bits per heavy atom. The molecule has 96 valence electrons. The number of hydrogen-bond acceptors (Lipinski definition) is 2. The second-order valence-electron chi connectivity index (χ2n) is 3.78. The van der Waals surface area contributed by atoms with Gasteiger partial charge in [0.25, 0.3) is 0 Å². The predicted octanol–water partition coefficient (Wildman–Crippen LogP) is 3.67. The molecule has 1 aliphatic rings. The van der Waals surface area contributed by atoms with E-state index < -0.39 is 12.3 Å². The van der Waals surface area contributed by atoms with Gasteiger partial charge in [0.05, 0.1) is 7.11 Å². The summed E-state index contributed by atoms with van der Waals surface area (Å²) < 4.78 is 47.6. The molecule has 0 radical (unpaired) electrons. The normalized spacial score (nSPS) is 17.9. The molecule has 1 aliphatic heterocycles. The van der Waals surface area contributed by atoms with E-state index in [0.29, 0.717) is 16.9 Å². The van der Waals surface area contributed by atoms with Crippen molar-refractivity contribution < 1.29 is 22.6 Å². The lowest BCUT2D eigenvalue weighted by molar-refractivity contribution is -0.180. The monoisotopic (exact) mass is 256 g/mol. The summed E-state index contributed by atoms with van der Waals surface area (Å²) in [5.41, 5.74) is 1.28. The van der Waals surface area contributed by atoms with Gasteiger partial charge in [0, 0.05) is 17.2 Å². The molecular weight excluding hydrogens is 245 g/mol. The van der Waals surface area contributed by atoms with Crippen molar-refractivity contribution >= 4 is 12.2 Å². The zero-order chi connectivity index (χ0) is 13.3. The van der Waals surface area contributed by atoms with E-state index in [1.54, 1.807) is 12.1 Å². The molecule has 2 nitrogen and oxygen atoms in total. The van der Waals surface area contributed by atoms with Crippen LogP contribution in [0.1, 0.15) is 11.1 Å². The molecule has 18 heavy (non-hydrogen) atoms. The lowest BCUT2D eigenvalue weighted by Gasteiger charge is -2.24. The molecule has 0 aliphatic carbocycles. The molecule has 2 rings (SSSR count). The summed E-state index contributed by atoms with van der Waals surface area (Å²) in [5.74, 6) is 0.585. The van der Waals surface area contributed by atoms with Crippen LogP contribution in [0.2, 0.25) is 0 Å². The Morgan fingerprint density at radius 2 is 2.11 bits per heavy atom. The van der Waals surface area contributed by atoms with Gasteiger partial charge in [-0.15, -0.1) is 0 Å². The highest BCUT2D eigenvalue weighted by Gasteiger charge is 2.41. The standard InChI is InChI=1S/C13H11F3O2/c1-3-8-6-9-4-5-12(13(14,15)16)18-11(9)7-10(8)17-2/h3-7,12H,1H2,2H3. The topological polar surface area (TPSA) is 18.5 Å². The van der Waals surface area contributed by atoms with Gasteiger partial charge >= 0.3 is 6.18 Å². The quantitative estimate of drug-likeness (QED) is 0.803. The minimum absolute atomic E-state index is 0.155. The zero-order valence-electron chi connectivity index (χ0n) is 9.62. The summed E-state index contributed by atoms with van der Waals surface area (Å²) in [6.45, 7) is 3.62. The van der Waals surface area contributed by atoms with Crippen LogP contribution in [0.3, 0.4) is 0 Å². The number of halogens is 3. The molecule has 0 fully saturated rings. The van der Waals surface area contributed by atoms with Gasteiger partial charge in [-0.2, -0.15) is 13.2 Å². The Morgan fingerprint density at radius 3 is 2.67 bits per heavy atom. The molecule has 0 saturated heterocycles. The van der Waals surface area contributed by atoms with Gasteiger partial charge in [0.15, 0.2) is 0 Å². The Bertz CT molecular complexity index is 504. The van der Waals surface area contributed by atoms with Crippen LogP contribution < -0.4 is 9.47 Å². The van der Waals surface area contributed by atoms with E-state index in [-0.39, 0.29) is 5.75 Å². The van der Waals surface area contributed by atoms with Crippen molar-refractivity contribution in [2.24, 2.45) is 0 Å². The van der Waals surface area contributed by atoms with E-state index in [4.69, 9.17) is 9.47 Å². The molecule has 0 saturated carbocycles. The van der Waals surface area contributed by atoms with Crippen molar-refractivity contribution in [2.75, 3.05) is 7.11 Å². The summed E-state index contributed by atoms with van der Waals surface area (Å²) >= 11 is 0. The largest absolute Gasteiger partial charge is 0.496 e. The number of benzene rings is 1. The lowest BCUT2D eigenvalue weighted by Crippen LogP contribution is -2.33. The highest BCUT2D eigenvalue weighted by molar-refractivity contribution is 5.69. The van der Waals surface area contributed by atoms with Crippen LogP contribution in [0.5, 0.6) is 11.5 Å². The molecule has 0 spiro atoms. The first-order chi connectivity index (χ1) is 8.45. The Labute approximate surface area is 102 Å². The third-order valence-corrected chi connectivity index (χ3v) is 2.61. The fourth-order valence-corrected chi connectivity index (χ4v) is 1.71. The molecule has 0 N–H and O–H groups in total. The number of methoxy groups -OCH3 is 1. The first-order valence-electron chi connectivity index (χ1n) is 5.21. The van der Waals surface area contributed by atoms with E-state index in [0.717, 1.165) is 6.08 Å². The van der Waals surface area contributed by atoms with Crippen molar-refractivity contribution in [3.05, 3.63) is 35.9 Å². The summed E-state index contributed by atoms with van der Waals surface area (Å²) in [6, 6.07) is 3.11. The number of hydrogen-bond donors (Lipinski definition) is 0. The average Bonchev–Trinajstić information content (AvgIpc) is 2.35. The summed E-state index contributed by atoms with van der Waals surface area (Å²) in [5, 5.41) is 0. The summed E-state index contributed by atoms with van der Waals surface area (Å²) in [7, 11) is 1.44. The molecule has 1 aromatic rings. The molecule has 1 unspecified atom stereocenters. The molecule has 1 atom stereocenters. The SMILES string of the molecule is C=Cc1cc2c(cc1OC)OC(C(F)(F)F)C=C2. The van der Waals surface area contributed by atoms with Gasteiger partial charge < -0.3 is 9.47 Å². The van der Waals surface area contributed by atoms with Crippen molar-refractivity contribution in [3.63, 3.8) is 0 Å². The van der Waals surface area contributed by atoms with E-state index in [1.807, 2.05) is 0 Å². The molecule has 5 heteroatoms. The van der Waals surface area contributed by atoms with Crippen LogP contribution in [0, 0.1) is 0 Å². The minimum Gasteiger partial charge on any atom is -0.496 e. The molecule has 0 bridgehead atoms. The van der Waals surface area contributed by atoms with Crippen molar-refractivity contribution in [1.82, 2.24) is 0 Å². The number of alkyl halides is 3. The fourth-order valence-electron chi connectivity index (χ4n) is 1.71. The van der Waals surface area contributed by atoms with Gasteiger partial charge in [-0.25, -0.2) is 0 Å². The molecular formula is C13H11F3O2. The van der Waals surface area contributed by atoms with Crippen molar-refractivity contribution in [1.29, 1.82) is 0 Å². The van der Waals surface area contributed by atoms with Gasteiger partial charge in [-0.05, 0) is 12.1 Å². The maximum Gasteiger partial charge on any atom is 0.429 e. The number of ether oxygens (including phenoxy) is 2. The molecule has 1 heterocycles. The van der Waals surface area contributed by atoms with Gasteiger partial charge in [-0.3, -0.25) is 0 Å². The van der Waals surface area contributed by atoms with Gasteiger partial charge in [-0.1, -0.05) is 18.7 Å². The second-order valence-corrected chi connectivity index (χ2v) is 3.78. The van der Waals surface area contributed by atoms with Crippen molar-refractivity contribution in [2.45, 2.75) is 12.3 Å². The van der Waals surface area contributed by atoms with E-state index in [1.165, 1.54) is 19.3 Å². The van der Waals surface area contributed by atoms with Crippen LogP contribution in [-0.2, 0) is 0 Å². The molecule has 0 aromatic heterocycles. The lowest BCUT2D eigenvalue weighted by atomic mass is 10.0. The van der Waals surface area contributed by atoms with Gasteiger partial charge in [0.2, 0.25) is 6.10 Å². The average molecular weight is 256 g/mol. The van der Waals surface area contributed by atoms with Gasteiger partial charge in [0.1, 0.15) is 11.5 Å². The first kappa shape index (κ1) is 12.5. The van der Waals surface area contributed by atoms with E-state index in [9.17, 15) is 13.2 Å². The summed E-state index contributed by atoms with van der Waals surface area (Å²) in [6.07, 6.45) is -2.38. The maximum atomic E-state index is 12.5. The Hall–Kier alpha value is -1.91. The highest BCUT2D eigenvalue weighted by atomic mass is 19.4. The number of fused-ring (bicyclic) bond motifs is 1. The third kappa shape index (κ3) is 2.20. The molecule has 1 aromatic carbocycles. The van der Waals surface area contributed by atoms with Crippen LogP contribution in [0.25, 0.3) is 12.2 Å². The van der Waals surface area contributed by atoms with Crippen molar-refractivity contribution in [3.8, 4) is 11.5 Å². The second kappa shape index (κ2) is 4.40. The van der Waals surface area contributed by atoms with Crippen LogP contribution in [-0.4, -0.2) is 19.4 Å². The van der Waals surface area contributed by atoms with Crippen LogP contribution >= 0.6 is 0 Å². The van der Waals surface area contributed by atoms with E-state index in [2.05, 4.69) is 6.58 Å². The predicted molar refractivity (Wildman–Crippen MR) is 62.6 cm³/mol. The smallest absolute Gasteiger partial charge is 0.429 e. The van der Waals surface area contributed by atoms with Crippen LogP contribution in [0.4, 0.5) is 13.2 Å². The highest BCUT2D eigenvalue weighted by Crippen LogP contribution is 2.37. The Kier molecular flexibility index (Phi) is 3.07. The maximum absolute atomic E-state index is 12.5. The molecule has 0 amide bonds. The third-order valence-electron chi connectivity index (χ3n) is 2.61. The number of rotatable bonds is 2. The zero-order valence-corrected chi connectivity index (χ0v) is 9.62. The minimum atomic E-state index is -4.42. The first-order valence-corrected chi connectivity index (χ1v) is 5.21. The van der Waals surface area contributed by atoms with Crippen LogP contribution in [0.15, 0.2) is 24.8 Å². The van der Waals surface area contributed by atoms with E-state index >= 15 is 0 Å². The summed E-state index contributed by atoms with van der Waals surface area (Å²) in [4.78, 5) is 0.